The first-order chi connectivity index (χ1) is 12.3. The van der Waals surface area contributed by atoms with Crippen LogP contribution in [0, 0.1) is 28.6 Å². The highest BCUT2D eigenvalue weighted by atomic mass is 16.6. The zero-order valence-electron chi connectivity index (χ0n) is 16.8. The molecule has 0 aromatic carbocycles. The monoisotopic (exact) mass is 361 g/mol. The maximum absolute atomic E-state index is 12.8. The van der Waals surface area contributed by atoms with Crippen molar-refractivity contribution in [2.75, 3.05) is 26.2 Å². The highest BCUT2D eigenvalue weighted by Gasteiger charge is 2.65. The van der Waals surface area contributed by atoms with Gasteiger partial charge >= 0.3 is 5.97 Å². The molecule has 0 unspecified atom stereocenters. The van der Waals surface area contributed by atoms with Gasteiger partial charge in [-0.3, -0.25) is 4.79 Å². The summed E-state index contributed by atoms with van der Waals surface area (Å²) in [5.74, 6) is 1.19. The molecule has 0 aromatic heterocycles. The molecule has 2 aliphatic carbocycles. The lowest BCUT2D eigenvalue weighted by atomic mass is 9.53. The molecular weight excluding hydrogens is 326 g/mol. The van der Waals surface area contributed by atoms with E-state index in [9.17, 15) is 4.79 Å². The minimum absolute atomic E-state index is 0.0798. The number of hydrogen-bond acceptors (Lipinski definition) is 4. The van der Waals surface area contributed by atoms with Crippen molar-refractivity contribution in [2.24, 2.45) is 28.6 Å². The van der Waals surface area contributed by atoms with E-state index in [1.165, 1.54) is 32.1 Å². The molecule has 0 bridgehead atoms. The van der Waals surface area contributed by atoms with Crippen LogP contribution >= 0.6 is 0 Å². The van der Waals surface area contributed by atoms with Gasteiger partial charge in [0.2, 0.25) is 0 Å². The van der Waals surface area contributed by atoms with E-state index in [1.807, 2.05) is 0 Å². The van der Waals surface area contributed by atoms with Crippen LogP contribution in [0.3, 0.4) is 0 Å². The highest BCUT2D eigenvalue weighted by molar-refractivity contribution is 5.75. The summed E-state index contributed by atoms with van der Waals surface area (Å²) in [6.07, 6.45) is 8.66. The molecule has 4 nitrogen and oxygen atoms in total. The Balaban J connectivity index is 1.34. The van der Waals surface area contributed by atoms with E-state index >= 15 is 0 Å². The number of esters is 1. The molecule has 146 valence electrons. The van der Waals surface area contributed by atoms with Crippen LogP contribution in [0.2, 0.25) is 0 Å². The van der Waals surface area contributed by atoms with Crippen molar-refractivity contribution in [1.29, 1.82) is 0 Å². The lowest BCUT2D eigenvalue weighted by Gasteiger charge is -2.51. The molecule has 26 heavy (non-hydrogen) atoms. The SMILES string of the molecule is CC1(C)CCCN(C[C@@H]2C(=O)O[C@@H]3C[C@@]4(C)CCC[C@]5(CO5)[C@H]4C[C@H]23)C1. The topological polar surface area (TPSA) is 42.1 Å². The summed E-state index contributed by atoms with van der Waals surface area (Å²) in [7, 11) is 0. The molecule has 0 amide bonds. The van der Waals surface area contributed by atoms with Crippen LogP contribution in [0.1, 0.15) is 65.7 Å². The number of likely N-dealkylation sites (tertiary alicyclic amines) is 1. The Morgan fingerprint density at radius 2 is 1.96 bits per heavy atom. The van der Waals surface area contributed by atoms with Gasteiger partial charge in [0.05, 0.1) is 18.1 Å². The van der Waals surface area contributed by atoms with Crippen LogP contribution in [0.4, 0.5) is 0 Å². The molecule has 0 N–H and O–H groups in total. The van der Waals surface area contributed by atoms with Crippen LogP contribution < -0.4 is 0 Å². The Morgan fingerprint density at radius 3 is 2.69 bits per heavy atom. The molecule has 0 radical (unpaired) electrons. The second-order valence-electron chi connectivity index (χ2n) is 11.1. The van der Waals surface area contributed by atoms with Crippen molar-refractivity contribution < 1.29 is 14.3 Å². The molecule has 5 aliphatic rings. The second-order valence-corrected chi connectivity index (χ2v) is 11.1. The minimum atomic E-state index is 0.0798. The molecule has 5 rings (SSSR count). The first-order valence-electron chi connectivity index (χ1n) is 10.9. The number of fused-ring (bicyclic) bond motifs is 3. The third-order valence-electron chi connectivity index (χ3n) is 8.51. The molecular formula is C22H35NO3. The van der Waals surface area contributed by atoms with Crippen molar-refractivity contribution in [3.63, 3.8) is 0 Å². The quantitative estimate of drug-likeness (QED) is 0.556. The molecule has 3 heterocycles. The van der Waals surface area contributed by atoms with E-state index in [4.69, 9.17) is 9.47 Å². The molecule has 6 atom stereocenters. The number of rotatable bonds is 2. The van der Waals surface area contributed by atoms with Crippen molar-refractivity contribution in [3.05, 3.63) is 0 Å². The molecule has 4 heteroatoms. The van der Waals surface area contributed by atoms with Gasteiger partial charge in [-0.05, 0) is 68.2 Å². The third-order valence-corrected chi connectivity index (χ3v) is 8.51. The predicted molar refractivity (Wildman–Crippen MR) is 99.7 cm³/mol. The van der Waals surface area contributed by atoms with Crippen molar-refractivity contribution in [1.82, 2.24) is 4.90 Å². The van der Waals surface area contributed by atoms with E-state index in [0.29, 0.717) is 22.7 Å². The molecule has 3 aliphatic heterocycles. The largest absolute Gasteiger partial charge is 0.462 e. The maximum atomic E-state index is 12.8. The minimum Gasteiger partial charge on any atom is -0.462 e. The predicted octanol–water partition coefficient (Wildman–Crippen LogP) is 3.64. The Bertz CT molecular complexity index is 598. The standard InChI is InChI=1S/C22H35NO3/c1-20(2)6-5-9-23(13-20)12-16-15-10-18-21(3,11-17(15)26-19(16)24)7-4-8-22(18)14-25-22/h15-18H,4-14H2,1-3H3/t15-,16+,17-,18+,21-,22+/m1/s1. The van der Waals surface area contributed by atoms with Gasteiger partial charge in [0.1, 0.15) is 6.10 Å². The summed E-state index contributed by atoms with van der Waals surface area (Å²) in [6.45, 7) is 11.3. The van der Waals surface area contributed by atoms with Gasteiger partial charge in [-0.15, -0.1) is 0 Å². The summed E-state index contributed by atoms with van der Waals surface area (Å²) in [4.78, 5) is 15.3. The number of carbonyl (C=O) groups is 1. The summed E-state index contributed by atoms with van der Waals surface area (Å²) in [5, 5.41) is 0. The number of epoxide rings is 1. The molecule has 2 saturated carbocycles. The first kappa shape index (κ1) is 17.5. The summed E-state index contributed by atoms with van der Waals surface area (Å²) >= 11 is 0. The van der Waals surface area contributed by atoms with E-state index in [0.717, 1.165) is 39.1 Å². The fourth-order valence-corrected chi connectivity index (χ4v) is 7.14. The summed E-state index contributed by atoms with van der Waals surface area (Å²) < 4.78 is 12.0. The summed E-state index contributed by atoms with van der Waals surface area (Å²) in [5.41, 5.74) is 0.833. The number of nitrogens with zero attached hydrogens (tertiary/aromatic N) is 1. The number of carbonyl (C=O) groups excluding carboxylic acids is 1. The maximum Gasteiger partial charge on any atom is 0.310 e. The van der Waals surface area contributed by atoms with Crippen molar-refractivity contribution in [2.45, 2.75) is 77.4 Å². The molecule has 3 saturated heterocycles. The van der Waals surface area contributed by atoms with Gasteiger partial charge in [-0.2, -0.15) is 0 Å². The second kappa shape index (κ2) is 5.70. The molecule has 0 aromatic rings. The normalized spacial score (nSPS) is 50.2. The van der Waals surface area contributed by atoms with Gasteiger partial charge < -0.3 is 14.4 Å². The zero-order valence-corrected chi connectivity index (χ0v) is 16.8. The highest BCUT2D eigenvalue weighted by Crippen LogP contribution is 2.62. The number of piperidine rings is 1. The lowest BCUT2D eigenvalue weighted by molar-refractivity contribution is -0.147. The Hall–Kier alpha value is -0.610. The number of ether oxygens (including phenoxy) is 2. The van der Waals surface area contributed by atoms with Crippen LogP contribution in [-0.4, -0.2) is 48.8 Å². The van der Waals surface area contributed by atoms with Gasteiger partial charge in [0, 0.05) is 19.0 Å². The van der Waals surface area contributed by atoms with Crippen molar-refractivity contribution in [3.8, 4) is 0 Å². The Kier molecular flexibility index (Phi) is 3.83. The summed E-state index contributed by atoms with van der Waals surface area (Å²) in [6, 6.07) is 0. The third kappa shape index (κ3) is 2.74. The average molecular weight is 362 g/mol. The Morgan fingerprint density at radius 1 is 1.15 bits per heavy atom. The van der Waals surface area contributed by atoms with E-state index in [2.05, 4.69) is 25.7 Å². The van der Waals surface area contributed by atoms with Gasteiger partial charge in [0.25, 0.3) is 0 Å². The molecule has 1 spiro atoms. The van der Waals surface area contributed by atoms with Gasteiger partial charge in [0.15, 0.2) is 0 Å². The van der Waals surface area contributed by atoms with Gasteiger partial charge in [-0.25, -0.2) is 0 Å². The van der Waals surface area contributed by atoms with Crippen LogP contribution in [-0.2, 0) is 14.3 Å². The average Bonchev–Trinajstić information content (AvgIpc) is 3.25. The van der Waals surface area contributed by atoms with Crippen molar-refractivity contribution >= 4 is 5.97 Å². The van der Waals surface area contributed by atoms with E-state index in [-0.39, 0.29) is 23.6 Å². The smallest absolute Gasteiger partial charge is 0.310 e. The van der Waals surface area contributed by atoms with Crippen LogP contribution in [0.15, 0.2) is 0 Å². The molecule has 5 fully saturated rings. The van der Waals surface area contributed by atoms with Gasteiger partial charge in [-0.1, -0.05) is 20.8 Å². The van der Waals surface area contributed by atoms with Crippen LogP contribution in [0.25, 0.3) is 0 Å². The van der Waals surface area contributed by atoms with Crippen LogP contribution in [0.5, 0.6) is 0 Å². The fourth-order valence-electron chi connectivity index (χ4n) is 7.14. The van der Waals surface area contributed by atoms with E-state index < -0.39 is 0 Å². The first-order valence-corrected chi connectivity index (χ1v) is 10.9. The van der Waals surface area contributed by atoms with E-state index in [1.54, 1.807) is 0 Å². The number of hydrogen-bond donors (Lipinski definition) is 0. The zero-order chi connectivity index (χ0) is 18.2. The lowest BCUT2D eigenvalue weighted by Crippen LogP contribution is -2.51. The Labute approximate surface area is 158 Å². The fraction of sp³-hybridized carbons (Fsp3) is 0.955.